The Morgan fingerprint density at radius 3 is 2.88 bits per heavy atom. The first kappa shape index (κ1) is 16.2. The Bertz CT molecular complexity index is 692. The van der Waals surface area contributed by atoms with Gasteiger partial charge in [0.15, 0.2) is 0 Å². The smallest absolute Gasteiger partial charge is 0.255 e. The highest BCUT2D eigenvalue weighted by Crippen LogP contribution is 2.19. The third-order valence-corrected chi connectivity index (χ3v) is 6.24. The lowest BCUT2D eigenvalue weighted by Gasteiger charge is -2.25. The van der Waals surface area contributed by atoms with Crippen LogP contribution in [0.4, 0.5) is 0 Å². The summed E-state index contributed by atoms with van der Waals surface area (Å²) in [7, 11) is 0. The molecule has 1 fully saturated rings. The number of aromatic nitrogens is 2. The molecule has 1 saturated heterocycles. The second-order valence-electron chi connectivity index (χ2n) is 6.33. The molecule has 0 unspecified atom stereocenters. The van der Waals surface area contributed by atoms with Gasteiger partial charge in [0.1, 0.15) is 0 Å². The third-order valence-electron chi connectivity index (χ3n) is 4.61. The van der Waals surface area contributed by atoms with E-state index >= 15 is 0 Å². The summed E-state index contributed by atoms with van der Waals surface area (Å²) < 4.78 is 2.11. The van der Waals surface area contributed by atoms with Crippen LogP contribution in [0.5, 0.6) is 0 Å². The minimum atomic E-state index is 0.139. The summed E-state index contributed by atoms with van der Waals surface area (Å²) in [5, 5.41) is 8.69. The van der Waals surface area contributed by atoms with Crippen molar-refractivity contribution in [2.24, 2.45) is 0 Å². The van der Waals surface area contributed by atoms with Gasteiger partial charge in [-0.05, 0) is 23.9 Å². The van der Waals surface area contributed by atoms with Gasteiger partial charge in [-0.2, -0.15) is 28.2 Å². The van der Waals surface area contributed by atoms with Gasteiger partial charge >= 0.3 is 0 Å². The lowest BCUT2D eigenvalue weighted by molar-refractivity contribution is 0.0746. The van der Waals surface area contributed by atoms with Crippen LogP contribution < -0.4 is 0 Å². The lowest BCUT2D eigenvalue weighted by atomic mass is 10.2. The van der Waals surface area contributed by atoms with Gasteiger partial charge in [-0.25, -0.2) is 0 Å². The second kappa shape index (κ2) is 7.29. The fourth-order valence-electron chi connectivity index (χ4n) is 3.33. The van der Waals surface area contributed by atoms with Gasteiger partial charge in [-0.15, -0.1) is 0 Å². The molecule has 4 heterocycles. The summed E-state index contributed by atoms with van der Waals surface area (Å²) in [6.45, 7) is 5.59. The predicted octanol–water partition coefficient (Wildman–Crippen LogP) is 2.54. The lowest BCUT2D eigenvalue weighted by Crippen LogP contribution is -2.32. The molecule has 0 radical (unpaired) electrons. The van der Waals surface area contributed by atoms with Crippen molar-refractivity contribution in [1.82, 2.24) is 19.6 Å². The molecule has 0 N–H and O–H groups in total. The fraction of sp³-hybridized carbons (Fsp3) is 0.529. The van der Waals surface area contributed by atoms with Gasteiger partial charge in [0, 0.05) is 49.6 Å². The second-order valence-corrected chi connectivity index (χ2v) is 8.34. The van der Waals surface area contributed by atoms with Crippen LogP contribution >= 0.6 is 23.1 Å². The Morgan fingerprint density at radius 2 is 2.08 bits per heavy atom. The van der Waals surface area contributed by atoms with E-state index in [-0.39, 0.29) is 5.91 Å². The molecule has 2 aromatic rings. The number of carbonyl (C=O) groups excluding carboxylic acids is 1. The first-order valence-electron chi connectivity index (χ1n) is 8.47. The molecule has 0 aromatic carbocycles. The molecule has 128 valence electrons. The van der Waals surface area contributed by atoms with Crippen molar-refractivity contribution in [2.75, 3.05) is 31.1 Å². The molecule has 0 atom stereocenters. The van der Waals surface area contributed by atoms with Gasteiger partial charge in [-0.3, -0.25) is 14.4 Å². The van der Waals surface area contributed by atoms with Gasteiger partial charge < -0.3 is 4.90 Å². The minimum absolute atomic E-state index is 0.139. The van der Waals surface area contributed by atoms with Crippen molar-refractivity contribution in [3.05, 3.63) is 39.8 Å². The highest BCUT2D eigenvalue weighted by molar-refractivity contribution is 7.99. The van der Waals surface area contributed by atoms with Crippen LogP contribution in [-0.2, 0) is 19.6 Å². The number of nitrogens with zero attached hydrogens (tertiary/aromatic N) is 4. The van der Waals surface area contributed by atoms with Crippen LogP contribution in [0, 0.1) is 0 Å². The van der Waals surface area contributed by atoms with Gasteiger partial charge in [0.2, 0.25) is 0 Å². The summed E-state index contributed by atoms with van der Waals surface area (Å²) in [5.41, 5.74) is 3.11. The fourth-order valence-corrected chi connectivity index (χ4v) is 4.94. The average molecular weight is 363 g/mol. The average Bonchev–Trinajstić information content (AvgIpc) is 3.21. The summed E-state index contributed by atoms with van der Waals surface area (Å²) in [4.78, 5) is 17.1. The van der Waals surface area contributed by atoms with Gasteiger partial charge in [0.05, 0.1) is 23.5 Å². The van der Waals surface area contributed by atoms with Crippen LogP contribution in [0.15, 0.2) is 22.9 Å². The Hall–Kier alpha value is -1.31. The molecule has 1 amide bonds. The molecule has 2 aliphatic heterocycles. The number of thioether (sulfide) groups is 1. The van der Waals surface area contributed by atoms with E-state index in [9.17, 15) is 4.79 Å². The van der Waals surface area contributed by atoms with Crippen LogP contribution in [-0.4, -0.2) is 56.6 Å². The van der Waals surface area contributed by atoms with E-state index in [0.29, 0.717) is 6.54 Å². The summed E-state index contributed by atoms with van der Waals surface area (Å²) >= 11 is 3.60. The predicted molar refractivity (Wildman–Crippen MR) is 98.5 cm³/mol. The van der Waals surface area contributed by atoms with E-state index in [1.54, 1.807) is 11.3 Å². The zero-order valence-electron chi connectivity index (χ0n) is 13.7. The SMILES string of the molecule is O=C(c1ccsc1)N1CCCn2nc(CN3CCSCC3)cc2C1. The number of fused-ring (bicyclic) bond motifs is 1. The summed E-state index contributed by atoms with van der Waals surface area (Å²) in [6, 6.07) is 4.11. The van der Waals surface area contributed by atoms with E-state index in [0.717, 1.165) is 56.1 Å². The monoisotopic (exact) mass is 362 g/mol. The number of aryl methyl sites for hydroxylation is 1. The maximum Gasteiger partial charge on any atom is 0.255 e. The zero-order valence-corrected chi connectivity index (χ0v) is 15.3. The standard InChI is InChI=1S/C17H22N4OS2/c22-17(14-2-7-24-13-14)20-3-1-4-21-16(12-20)10-15(18-21)11-19-5-8-23-9-6-19/h2,7,10,13H,1,3-6,8-9,11-12H2. The molecular formula is C17H22N4OS2. The van der Waals surface area contributed by atoms with Crippen molar-refractivity contribution in [3.63, 3.8) is 0 Å². The quantitative estimate of drug-likeness (QED) is 0.841. The summed E-state index contributed by atoms with van der Waals surface area (Å²) in [6.07, 6.45) is 0.963. The van der Waals surface area contributed by atoms with Crippen LogP contribution in [0.25, 0.3) is 0 Å². The number of hydrogen-bond acceptors (Lipinski definition) is 5. The van der Waals surface area contributed by atoms with Crippen molar-refractivity contribution in [1.29, 1.82) is 0 Å². The molecule has 24 heavy (non-hydrogen) atoms. The van der Waals surface area contributed by atoms with E-state index < -0.39 is 0 Å². The normalized spacial score (nSPS) is 19.1. The van der Waals surface area contributed by atoms with Crippen molar-refractivity contribution in [2.45, 2.75) is 26.1 Å². The number of thiophene rings is 1. The number of carbonyl (C=O) groups is 1. The van der Waals surface area contributed by atoms with Crippen molar-refractivity contribution >= 4 is 29.0 Å². The number of rotatable bonds is 3. The molecule has 4 rings (SSSR count). The van der Waals surface area contributed by atoms with E-state index in [1.807, 2.05) is 33.5 Å². The molecule has 5 nitrogen and oxygen atoms in total. The number of hydrogen-bond donors (Lipinski definition) is 0. The highest BCUT2D eigenvalue weighted by atomic mass is 32.2. The first-order chi connectivity index (χ1) is 11.8. The molecule has 0 spiro atoms. The molecular weight excluding hydrogens is 340 g/mol. The highest BCUT2D eigenvalue weighted by Gasteiger charge is 2.22. The van der Waals surface area contributed by atoms with Crippen molar-refractivity contribution < 1.29 is 4.79 Å². The summed E-state index contributed by atoms with van der Waals surface area (Å²) in [5.74, 6) is 2.58. The van der Waals surface area contributed by atoms with Gasteiger partial charge in [-0.1, -0.05) is 0 Å². The molecule has 2 aromatic heterocycles. The topological polar surface area (TPSA) is 41.4 Å². The Balaban J connectivity index is 1.47. The molecule has 7 heteroatoms. The van der Waals surface area contributed by atoms with Gasteiger partial charge in [0.25, 0.3) is 5.91 Å². The molecule has 2 aliphatic rings. The van der Waals surface area contributed by atoms with E-state index in [4.69, 9.17) is 5.10 Å². The molecule has 0 saturated carbocycles. The number of amides is 1. The van der Waals surface area contributed by atoms with E-state index in [1.165, 1.54) is 11.5 Å². The van der Waals surface area contributed by atoms with Crippen LogP contribution in [0.2, 0.25) is 0 Å². The molecule has 0 aliphatic carbocycles. The van der Waals surface area contributed by atoms with Crippen LogP contribution in [0.3, 0.4) is 0 Å². The Morgan fingerprint density at radius 1 is 1.21 bits per heavy atom. The maximum absolute atomic E-state index is 12.6. The maximum atomic E-state index is 12.6. The first-order valence-corrected chi connectivity index (χ1v) is 10.6. The largest absolute Gasteiger partial charge is 0.333 e. The third kappa shape index (κ3) is 3.53. The molecule has 0 bridgehead atoms. The Kier molecular flexibility index (Phi) is 4.91. The Labute approximate surface area is 150 Å². The van der Waals surface area contributed by atoms with Crippen molar-refractivity contribution in [3.8, 4) is 0 Å². The zero-order chi connectivity index (χ0) is 16.4. The minimum Gasteiger partial charge on any atom is -0.333 e. The van der Waals surface area contributed by atoms with Crippen LogP contribution in [0.1, 0.15) is 28.2 Å². The van der Waals surface area contributed by atoms with E-state index in [2.05, 4.69) is 15.6 Å².